The number of piperidine rings is 1. The molecule has 6 heteroatoms. The van der Waals surface area contributed by atoms with Crippen LogP contribution < -0.4 is 5.56 Å². The van der Waals surface area contributed by atoms with Gasteiger partial charge in [-0.3, -0.25) is 9.36 Å². The van der Waals surface area contributed by atoms with Crippen LogP contribution in [0, 0.1) is 12.7 Å². The standard InChI is InChI=1S/C22H26FN3OS/c1-13(2)20-24-21-19(22(27)26(20)17-9-11-25(4)12-10-17)18(14(3)28-21)15-5-7-16(23)8-6-15/h5-8,13,17H,9-12H2,1-4H3. The fraction of sp³-hybridized carbons (Fsp3) is 0.455. The molecule has 28 heavy (non-hydrogen) atoms. The van der Waals surface area contributed by atoms with E-state index < -0.39 is 0 Å². The Morgan fingerprint density at radius 3 is 2.43 bits per heavy atom. The summed E-state index contributed by atoms with van der Waals surface area (Å²) in [7, 11) is 2.12. The van der Waals surface area contributed by atoms with Gasteiger partial charge in [0.1, 0.15) is 16.5 Å². The summed E-state index contributed by atoms with van der Waals surface area (Å²) in [6.45, 7) is 8.18. The first kappa shape index (κ1) is 19.3. The Balaban J connectivity index is 1.97. The molecule has 148 valence electrons. The number of aromatic nitrogens is 2. The molecule has 4 rings (SSSR count). The summed E-state index contributed by atoms with van der Waals surface area (Å²) in [5, 5.41) is 0.678. The molecule has 3 aromatic rings. The molecule has 1 aromatic carbocycles. The zero-order chi connectivity index (χ0) is 20.0. The number of fused-ring (bicyclic) bond motifs is 1. The van der Waals surface area contributed by atoms with Crippen molar-refractivity contribution in [2.45, 2.75) is 45.6 Å². The number of halogens is 1. The molecule has 3 heterocycles. The van der Waals surface area contributed by atoms with Gasteiger partial charge in [-0.25, -0.2) is 9.37 Å². The van der Waals surface area contributed by atoms with Gasteiger partial charge < -0.3 is 4.90 Å². The minimum Gasteiger partial charge on any atom is -0.306 e. The fourth-order valence-electron chi connectivity index (χ4n) is 4.17. The van der Waals surface area contributed by atoms with E-state index >= 15 is 0 Å². The molecule has 2 aromatic heterocycles. The van der Waals surface area contributed by atoms with Gasteiger partial charge in [-0.15, -0.1) is 11.3 Å². The summed E-state index contributed by atoms with van der Waals surface area (Å²) >= 11 is 1.55. The molecule has 0 N–H and O–H groups in total. The zero-order valence-electron chi connectivity index (χ0n) is 16.8. The topological polar surface area (TPSA) is 38.1 Å². The minimum absolute atomic E-state index is 0.0481. The van der Waals surface area contributed by atoms with Gasteiger partial charge in [0.2, 0.25) is 0 Å². The Morgan fingerprint density at radius 2 is 1.82 bits per heavy atom. The normalized spacial score (nSPS) is 16.4. The van der Waals surface area contributed by atoms with Crippen molar-refractivity contribution in [3.63, 3.8) is 0 Å². The van der Waals surface area contributed by atoms with Crippen LogP contribution in [0.4, 0.5) is 4.39 Å². The highest BCUT2D eigenvalue weighted by Crippen LogP contribution is 2.37. The second-order valence-corrected chi connectivity index (χ2v) is 9.26. The summed E-state index contributed by atoms with van der Waals surface area (Å²) in [4.78, 5) is 22.8. The molecule has 0 spiro atoms. The molecule has 0 amide bonds. The third kappa shape index (κ3) is 3.29. The Morgan fingerprint density at radius 1 is 1.18 bits per heavy atom. The van der Waals surface area contributed by atoms with E-state index in [0.717, 1.165) is 52.6 Å². The Bertz CT molecular complexity index is 1060. The first-order valence-electron chi connectivity index (χ1n) is 9.86. The maximum Gasteiger partial charge on any atom is 0.263 e. The maximum atomic E-state index is 13.8. The van der Waals surface area contributed by atoms with Crippen LogP contribution in [0.15, 0.2) is 29.1 Å². The summed E-state index contributed by atoms with van der Waals surface area (Å²) in [5.74, 6) is 0.775. The lowest BCUT2D eigenvalue weighted by atomic mass is 10.0. The average molecular weight is 400 g/mol. The zero-order valence-corrected chi connectivity index (χ0v) is 17.6. The lowest BCUT2D eigenvalue weighted by molar-refractivity contribution is 0.215. The van der Waals surface area contributed by atoms with Crippen molar-refractivity contribution in [2.75, 3.05) is 20.1 Å². The third-order valence-electron chi connectivity index (χ3n) is 5.66. The Hall–Kier alpha value is -2.05. The minimum atomic E-state index is -0.273. The van der Waals surface area contributed by atoms with Gasteiger partial charge in [0.15, 0.2) is 0 Å². The molecular formula is C22H26FN3OS. The molecule has 0 unspecified atom stereocenters. The first-order valence-corrected chi connectivity index (χ1v) is 10.7. The van der Waals surface area contributed by atoms with Gasteiger partial charge in [-0.2, -0.15) is 0 Å². The molecule has 4 nitrogen and oxygen atoms in total. The van der Waals surface area contributed by atoms with Gasteiger partial charge in [0.25, 0.3) is 5.56 Å². The van der Waals surface area contributed by atoms with Crippen molar-refractivity contribution in [3.8, 4) is 11.1 Å². The number of benzene rings is 1. The van der Waals surface area contributed by atoms with E-state index in [4.69, 9.17) is 4.98 Å². The smallest absolute Gasteiger partial charge is 0.263 e. The highest BCUT2D eigenvalue weighted by Gasteiger charge is 2.27. The molecule has 0 atom stereocenters. The van der Waals surface area contributed by atoms with E-state index in [9.17, 15) is 9.18 Å². The lowest BCUT2D eigenvalue weighted by Gasteiger charge is -2.32. The maximum absolute atomic E-state index is 13.8. The van der Waals surface area contributed by atoms with E-state index in [1.165, 1.54) is 12.1 Å². The highest BCUT2D eigenvalue weighted by molar-refractivity contribution is 7.19. The van der Waals surface area contributed by atoms with Gasteiger partial charge in [-0.05, 0) is 57.6 Å². The summed E-state index contributed by atoms with van der Waals surface area (Å²) in [5.41, 5.74) is 1.82. The number of nitrogens with zero attached hydrogens (tertiary/aromatic N) is 3. The number of rotatable bonds is 3. The van der Waals surface area contributed by atoms with Gasteiger partial charge in [0, 0.05) is 22.4 Å². The monoisotopic (exact) mass is 399 g/mol. The number of aryl methyl sites for hydroxylation is 1. The van der Waals surface area contributed by atoms with Gasteiger partial charge in [0.05, 0.1) is 5.39 Å². The summed E-state index contributed by atoms with van der Waals surface area (Å²) in [6, 6.07) is 6.58. The molecule has 0 saturated carbocycles. The number of hydrogen-bond acceptors (Lipinski definition) is 4. The van der Waals surface area contributed by atoms with Crippen LogP contribution in [-0.2, 0) is 0 Å². The van der Waals surface area contributed by atoms with Crippen LogP contribution in [0.25, 0.3) is 21.3 Å². The molecule has 0 radical (unpaired) electrons. The van der Waals surface area contributed by atoms with E-state index in [-0.39, 0.29) is 23.3 Å². The van der Waals surface area contributed by atoms with Crippen molar-refractivity contribution < 1.29 is 4.39 Å². The van der Waals surface area contributed by atoms with Crippen LogP contribution in [-0.4, -0.2) is 34.6 Å². The van der Waals surface area contributed by atoms with E-state index in [1.54, 1.807) is 23.5 Å². The molecule has 0 aliphatic carbocycles. The van der Waals surface area contributed by atoms with Crippen molar-refractivity contribution in [3.05, 3.63) is 51.1 Å². The van der Waals surface area contributed by atoms with Crippen LogP contribution in [0.1, 0.15) is 49.4 Å². The van der Waals surface area contributed by atoms with E-state index in [0.29, 0.717) is 5.39 Å². The van der Waals surface area contributed by atoms with Gasteiger partial charge >= 0.3 is 0 Å². The number of hydrogen-bond donors (Lipinski definition) is 0. The lowest BCUT2D eigenvalue weighted by Crippen LogP contribution is -2.37. The molecule has 1 saturated heterocycles. The van der Waals surface area contributed by atoms with Crippen LogP contribution in [0.3, 0.4) is 0 Å². The highest BCUT2D eigenvalue weighted by atomic mass is 32.1. The van der Waals surface area contributed by atoms with Crippen molar-refractivity contribution in [2.24, 2.45) is 0 Å². The predicted octanol–water partition coefficient (Wildman–Crippen LogP) is 4.96. The SMILES string of the molecule is Cc1sc2nc(C(C)C)n(C3CCN(C)CC3)c(=O)c2c1-c1ccc(F)cc1. The number of thiophene rings is 1. The second-order valence-electron chi connectivity index (χ2n) is 8.05. The Labute approximate surface area is 168 Å². The van der Waals surface area contributed by atoms with Crippen molar-refractivity contribution in [1.82, 2.24) is 14.5 Å². The third-order valence-corrected chi connectivity index (χ3v) is 6.66. The quantitative estimate of drug-likeness (QED) is 0.625. The molecule has 1 aliphatic heterocycles. The predicted molar refractivity (Wildman–Crippen MR) is 114 cm³/mol. The van der Waals surface area contributed by atoms with Crippen molar-refractivity contribution >= 4 is 21.6 Å². The second kappa shape index (κ2) is 7.41. The summed E-state index contributed by atoms with van der Waals surface area (Å²) in [6.07, 6.45) is 1.91. The van der Waals surface area contributed by atoms with Gasteiger partial charge in [-0.1, -0.05) is 26.0 Å². The first-order chi connectivity index (χ1) is 13.4. The fourth-order valence-corrected chi connectivity index (χ4v) is 5.21. The molecular weight excluding hydrogens is 373 g/mol. The molecule has 1 fully saturated rings. The van der Waals surface area contributed by atoms with Crippen molar-refractivity contribution in [1.29, 1.82) is 0 Å². The average Bonchev–Trinajstić information content (AvgIpc) is 2.99. The van der Waals surface area contributed by atoms with Crippen LogP contribution >= 0.6 is 11.3 Å². The molecule has 1 aliphatic rings. The van der Waals surface area contributed by atoms with Crippen LogP contribution in [0.5, 0.6) is 0 Å². The largest absolute Gasteiger partial charge is 0.306 e. The van der Waals surface area contributed by atoms with Crippen LogP contribution in [0.2, 0.25) is 0 Å². The van der Waals surface area contributed by atoms with E-state index in [1.807, 2.05) is 11.5 Å². The number of likely N-dealkylation sites (tertiary alicyclic amines) is 1. The van der Waals surface area contributed by atoms with E-state index in [2.05, 4.69) is 25.8 Å². The Kier molecular flexibility index (Phi) is 5.10. The molecule has 0 bridgehead atoms. The summed E-state index contributed by atoms with van der Waals surface area (Å²) < 4.78 is 15.4.